The monoisotopic (exact) mass is 229 g/mol. The Hall–Kier alpha value is -1.52. The van der Waals surface area contributed by atoms with Crippen molar-refractivity contribution in [2.24, 2.45) is 0 Å². The van der Waals surface area contributed by atoms with Gasteiger partial charge in [-0.3, -0.25) is 0 Å². The number of carbonyl (C=O) groups is 2. The van der Waals surface area contributed by atoms with Crippen molar-refractivity contribution in [3.8, 4) is 0 Å². The molecule has 16 heavy (non-hydrogen) atoms. The average Bonchev–Trinajstić information content (AvgIpc) is 1.97. The number of alkyl carbamates (subject to hydrolysis) is 1. The topological polar surface area (TPSA) is 75.6 Å². The smallest absolute Gasteiger partial charge is 0.408 e. The van der Waals surface area contributed by atoms with Gasteiger partial charge in [0.1, 0.15) is 11.6 Å². The third-order valence-electron chi connectivity index (χ3n) is 1.54. The number of carboxylic acid groups (broad SMARTS) is 1. The van der Waals surface area contributed by atoms with Crippen molar-refractivity contribution < 1.29 is 19.4 Å². The lowest BCUT2D eigenvalue weighted by molar-refractivity contribution is -0.139. The first-order valence-electron chi connectivity index (χ1n) is 4.98. The van der Waals surface area contributed by atoms with Crippen molar-refractivity contribution >= 4 is 12.1 Å². The summed E-state index contributed by atoms with van der Waals surface area (Å²) in [6.45, 7) is 10.4. The van der Waals surface area contributed by atoms with Crippen molar-refractivity contribution in [1.82, 2.24) is 5.32 Å². The Morgan fingerprint density at radius 1 is 1.44 bits per heavy atom. The van der Waals surface area contributed by atoms with Gasteiger partial charge in [0.2, 0.25) is 0 Å². The molecule has 0 fully saturated rings. The van der Waals surface area contributed by atoms with Crippen LogP contribution in [0.1, 0.15) is 34.1 Å². The van der Waals surface area contributed by atoms with Crippen LogP contribution in [-0.2, 0) is 9.53 Å². The molecule has 0 aromatic rings. The summed E-state index contributed by atoms with van der Waals surface area (Å²) in [7, 11) is 0. The Labute approximate surface area is 95.5 Å². The molecular weight excluding hydrogens is 210 g/mol. The zero-order valence-electron chi connectivity index (χ0n) is 10.2. The molecule has 0 aromatic carbocycles. The zero-order valence-corrected chi connectivity index (χ0v) is 10.2. The molecule has 1 amide bonds. The highest BCUT2D eigenvalue weighted by Crippen LogP contribution is 2.08. The van der Waals surface area contributed by atoms with E-state index < -0.39 is 23.7 Å². The third-order valence-corrected chi connectivity index (χ3v) is 1.54. The van der Waals surface area contributed by atoms with E-state index in [0.717, 1.165) is 0 Å². The summed E-state index contributed by atoms with van der Waals surface area (Å²) < 4.78 is 4.96. The van der Waals surface area contributed by atoms with Crippen LogP contribution in [0.15, 0.2) is 12.2 Å². The van der Waals surface area contributed by atoms with Gasteiger partial charge in [0.15, 0.2) is 0 Å². The van der Waals surface area contributed by atoms with Gasteiger partial charge < -0.3 is 15.2 Å². The molecule has 92 valence electrons. The SMILES string of the molecule is C=C(C)C[C@H](NC(=O)OC(C)(C)C)C(=O)O. The van der Waals surface area contributed by atoms with E-state index in [1.807, 2.05) is 0 Å². The molecule has 2 N–H and O–H groups in total. The van der Waals surface area contributed by atoms with E-state index >= 15 is 0 Å². The van der Waals surface area contributed by atoms with Crippen LogP contribution >= 0.6 is 0 Å². The molecule has 0 aliphatic rings. The van der Waals surface area contributed by atoms with Crippen molar-refractivity contribution in [3.63, 3.8) is 0 Å². The van der Waals surface area contributed by atoms with Crippen LogP contribution in [0.4, 0.5) is 4.79 Å². The number of ether oxygens (including phenoxy) is 1. The van der Waals surface area contributed by atoms with Crippen molar-refractivity contribution in [3.05, 3.63) is 12.2 Å². The summed E-state index contributed by atoms with van der Waals surface area (Å²) in [5.74, 6) is -1.10. The van der Waals surface area contributed by atoms with E-state index in [-0.39, 0.29) is 6.42 Å². The maximum atomic E-state index is 11.3. The van der Waals surface area contributed by atoms with Gasteiger partial charge in [-0.15, -0.1) is 6.58 Å². The second-order valence-electron chi connectivity index (χ2n) is 4.70. The predicted octanol–water partition coefficient (Wildman–Crippen LogP) is 1.93. The van der Waals surface area contributed by atoms with Crippen molar-refractivity contribution in [2.75, 3.05) is 0 Å². The van der Waals surface area contributed by atoms with Crippen LogP contribution in [0.25, 0.3) is 0 Å². The minimum atomic E-state index is -1.10. The van der Waals surface area contributed by atoms with Gasteiger partial charge in [-0.1, -0.05) is 5.57 Å². The lowest BCUT2D eigenvalue weighted by atomic mass is 10.1. The molecule has 0 spiro atoms. The molecule has 0 saturated carbocycles. The maximum absolute atomic E-state index is 11.3. The summed E-state index contributed by atoms with van der Waals surface area (Å²) in [6, 6.07) is -0.993. The number of aliphatic carboxylic acids is 1. The van der Waals surface area contributed by atoms with Gasteiger partial charge in [-0.05, 0) is 34.1 Å². The van der Waals surface area contributed by atoms with E-state index in [1.54, 1.807) is 27.7 Å². The molecule has 0 aliphatic heterocycles. The Kier molecular flexibility index (Phi) is 5.01. The number of rotatable bonds is 4. The molecule has 0 aromatic heterocycles. The minimum absolute atomic E-state index is 0.189. The summed E-state index contributed by atoms with van der Waals surface area (Å²) >= 11 is 0. The normalized spacial score (nSPS) is 12.8. The average molecular weight is 229 g/mol. The summed E-state index contributed by atoms with van der Waals surface area (Å²) in [4.78, 5) is 22.2. The van der Waals surface area contributed by atoms with Gasteiger partial charge in [0.05, 0.1) is 0 Å². The van der Waals surface area contributed by atoms with E-state index in [9.17, 15) is 9.59 Å². The van der Waals surface area contributed by atoms with Gasteiger partial charge in [0, 0.05) is 0 Å². The van der Waals surface area contributed by atoms with E-state index in [1.165, 1.54) is 0 Å². The van der Waals surface area contributed by atoms with Crippen molar-refractivity contribution in [1.29, 1.82) is 0 Å². The van der Waals surface area contributed by atoms with Crippen molar-refractivity contribution in [2.45, 2.75) is 45.8 Å². The highest BCUT2D eigenvalue weighted by Gasteiger charge is 2.23. The van der Waals surface area contributed by atoms with Crippen LogP contribution in [0.2, 0.25) is 0 Å². The van der Waals surface area contributed by atoms with Crippen LogP contribution in [0.5, 0.6) is 0 Å². The second-order valence-corrected chi connectivity index (χ2v) is 4.70. The van der Waals surface area contributed by atoms with E-state index in [2.05, 4.69) is 11.9 Å². The third kappa shape index (κ3) is 6.86. The lowest BCUT2D eigenvalue weighted by Gasteiger charge is -2.22. The molecule has 5 heteroatoms. The van der Waals surface area contributed by atoms with Gasteiger partial charge in [0.25, 0.3) is 0 Å². The van der Waals surface area contributed by atoms with Gasteiger partial charge in [-0.2, -0.15) is 0 Å². The van der Waals surface area contributed by atoms with E-state index in [0.29, 0.717) is 5.57 Å². The Bertz CT molecular complexity index is 291. The Morgan fingerprint density at radius 3 is 2.25 bits per heavy atom. The fourth-order valence-electron chi connectivity index (χ4n) is 0.998. The first-order chi connectivity index (χ1) is 7.11. The number of hydrogen-bond donors (Lipinski definition) is 2. The van der Waals surface area contributed by atoms with Gasteiger partial charge >= 0.3 is 12.1 Å². The molecule has 1 atom stereocenters. The Balaban J connectivity index is 4.35. The number of carboxylic acids is 1. The first-order valence-corrected chi connectivity index (χ1v) is 4.98. The van der Waals surface area contributed by atoms with Crippen LogP contribution in [0.3, 0.4) is 0 Å². The van der Waals surface area contributed by atoms with Crippen LogP contribution in [0, 0.1) is 0 Å². The fourth-order valence-corrected chi connectivity index (χ4v) is 0.998. The number of amides is 1. The summed E-state index contributed by atoms with van der Waals surface area (Å²) in [5, 5.41) is 11.1. The largest absolute Gasteiger partial charge is 0.480 e. The Morgan fingerprint density at radius 2 is 1.94 bits per heavy atom. The molecule has 5 nitrogen and oxygen atoms in total. The summed E-state index contributed by atoms with van der Waals surface area (Å²) in [6.07, 6.45) is -0.546. The number of nitrogens with one attached hydrogen (secondary N) is 1. The second kappa shape index (κ2) is 5.53. The fraction of sp³-hybridized carbons (Fsp3) is 0.636. The van der Waals surface area contributed by atoms with Crippen LogP contribution in [-0.4, -0.2) is 28.8 Å². The number of carbonyl (C=O) groups excluding carboxylic acids is 1. The molecule has 0 unspecified atom stereocenters. The highest BCUT2D eigenvalue weighted by atomic mass is 16.6. The molecule has 0 rings (SSSR count). The quantitative estimate of drug-likeness (QED) is 0.722. The molecular formula is C11H19NO4. The standard InChI is InChI=1S/C11H19NO4/c1-7(2)6-8(9(13)14)12-10(15)16-11(3,4)5/h8H,1,6H2,2-5H3,(H,12,15)(H,13,14)/t8-/m0/s1. The minimum Gasteiger partial charge on any atom is -0.480 e. The molecule has 0 aliphatic carbocycles. The van der Waals surface area contributed by atoms with E-state index in [4.69, 9.17) is 9.84 Å². The predicted molar refractivity (Wildman–Crippen MR) is 60.2 cm³/mol. The maximum Gasteiger partial charge on any atom is 0.408 e. The zero-order chi connectivity index (χ0) is 12.9. The van der Waals surface area contributed by atoms with Gasteiger partial charge in [-0.25, -0.2) is 9.59 Å². The van der Waals surface area contributed by atoms with Crippen LogP contribution < -0.4 is 5.32 Å². The number of hydrogen-bond acceptors (Lipinski definition) is 3. The summed E-state index contributed by atoms with van der Waals surface area (Å²) in [5.41, 5.74) is 0.0413. The first kappa shape index (κ1) is 14.5. The molecule has 0 heterocycles. The molecule has 0 radical (unpaired) electrons. The lowest BCUT2D eigenvalue weighted by Crippen LogP contribution is -2.43. The highest BCUT2D eigenvalue weighted by molar-refractivity contribution is 5.80. The molecule has 0 bridgehead atoms. The molecule has 0 saturated heterocycles.